The Bertz CT molecular complexity index is 1500. The Labute approximate surface area is 203 Å². The summed E-state index contributed by atoms with van der Waals surface area (Å²) in [6.45, 7) is 5.99. The number of likely N-dealkylation sites (N-methyl/N-ethyl adjacent to an activating group) is 1. The first-order chi connectivity index (χ1) is 17.1. The highest BCUT2D eigenvalue weighted by atomic mass is 16.5. The average Bonchev–Trinajstić information content (AvgIpc) is 3.44. The number of imidazole rings is 1. The Kier molecular flexibility index (Phi) is 5.26. The lowest BCUT2D eigenvalue weighted by Gasteiger charge is -2.33. The molecule has 4 heterocycles. The Morgan fingerprint density at radius 2 is 1.83 bits per heavy atom. The Balaban J connectivity index is 1.48. The molecule has 0 radical (unpaired) electrons. The molecule has 0 amide bonds. The zero-order valence-electron chi connectivity index (χ0n) is 20.1. The topological polar surface area (TPSA) is 86.6 Å². The van der Waals surface area contributed by atoms with Gasteiger partial charge in [-0.3, -0.25) is 9.50 Å². The standard InChI is InChI=1S/C26H28N8O/c1-17-21-14-18(4-9-22(21)31-30-17)25-26(28-19-5-7-20(35-3)8-6-19)34-16-24(27-15-23(34)29-25)33-12-10-32(2)11-13-33/h4-9,14-16,28H,10-13H2,1-3H3,(H,30,31). The van der Waals surface area contributed by atoms with E-state index < -0.39 is 0 Å². The number of aryl methyl sites for hydroxylation is 1. The first kappa shape index (κ1) is 21.4. The molecule has 0 aliphatic carbocycles. The molecule has 9 heteroatoms. The molecule has 2 N–H and O–H groups in total. The van der Waals surface area contributed by atoms with E-state index in [0.717, 1.165) is 82.8 Å². The number of nitrogens with zero attached hydrogens (tertiary/aromatic N) is 6. The first-order valence-electron chi connectivity index (χ1n) is 11.8. The third-order valence-electron chi connectivity index (χ3n) is 6.69. The molecular weight excluding hydrogens is 440 g/mol. The van der Waals surface area contributed by atoms with Crippen LogP contribution in [-0.4, -0.2) is 69.8 Å². The van der Waals surface area contributed by atoms with Crippen LogP contribution in [0, 0.1) is 6.92 Å². The number of piperazine rings is 1. The molecule has 0 bridgehead atoms. The maximum absolute atomic E-state index is 5.33. The predicted molar refractivity (Wildman–Crippen MR) is 139 cm³/mol. The highest BCUT2D eigenvalue weighted by Gasteiger charge is 2.20. The molecule has 1 aliphatic rings. The molecule has 0 unspecified atom stereocenters. The quantitative estimate of drug-likeness (QED) is 0.402. The summed E-state index contributed by atoms with van der Waals surface area (Å²) in [5, 5.41) is 12.1. The second-order valence-corrected chi connectivity index (χ2v) is 9.01. The lowest BCUT2D eigenvalue weighted by molar-refractivity contribution is 0.312. The van der Waals surface area contributed by atoms with Crippen LogP contribution in [0.2, 0.25) is 0 Å². The van der Waals surface area contributed by atoms with Gasteiger partial charge in [0.25, 0.3) is 0 Å². The zero-order chi connectivity index (χ0) is 23.9. The van der Waals surface area contributed by atoms with Gasteiger partial charge in [0.1, 0.15) is 23.1 Å². The van der Waals surface area contributed by atoms with Crippen molar-refractivity contribution in [2.45, 2.75) is 6.92 Å². The van der Waals surface area contributed by atoms with Crippen LogP contribution in [0.1, 0.15) is 5.69 Å². The fourth-order valence-electron chi connectivity index (χ4n) is 4.56. The van der Waals surface area contributed by atoms with E-state index in [1.807, 2.05) is 43.5 Å². The van der Waals surface area contributed by atoms with Gasteiger partial charge in [-0.1, -0.05) is 6.07 Å². The molecule has 1 fully saturated rings. The van der Waals surface area contributed by atoms with E-state index in [4.69, 9.17) is 14.7 Å². The minimum absolute atomic E-state index is 0.790. The number of aromatic amines is 1. The Hall–Kier alpha value is -4.11. The number of nitrogens with one attached hydrogen (secondary N) is 2. The van der Waals surface area contributed by atoms with Crippen LogP contribution in [0.3, 0.4) is 0 Å². The number of ether oxygens (including phenoxy) is 1. The molecule has 1 saturated heterocycles. The normalized spacial score (nSPS) is 14.7. The van der Waals surface area contributed by atoms with Gasteiger partial charge < -0.3 is 19.9 Å². The molecule has 0 atom stereocenters. The van der Waals surface area contributed by atoms with Gasteiger partial charge in [0.05, 0.1) is 25.0 Å². The van der Waals surface area contributed by atoms with E-state index in [1.54, 1.807) is 7.11 Å². The van der Waals surface area contributed by atoms with Gasteiger partial charge in [-0.05, 0) is 50.4 Å². The molecule has 0 spiro atoms. The number of benzene rings is 2. The largest absolute Gasteiger partial charge is 0.497 e. The third-order valence-corrected chi connectivity index (χ3v) is 6.69. The van der Waals surface area contributed by atoms with Crippen molar-refractivity contribution in [3.8, 4) is 17.0 Å². The summed E-state index contributed by atoms with van der Waals surface area (Å²) in [6.07, 6.45) is 3.95. The van der Waals surface area contributed by atoms with E-state index in [9.17, 15) is 0 Å². The van der Waals surface area contributed by atoms with Crippen molar-refractivity contribution in [1.82, 2.24) is 29.5 Å². The number of hydrogen-bond donors (Lipinski definition) is 2. The van der Waals surface area contributed by atoms with Crippen LogP contribution in [-0.2, 0) is 0 Å². The number of rotatable bonds is 5. The lowest BCUT2D eigenvalue weighted by atomic mass is 10.1. The van der Waals surface area contributed by atoms with Crippen LogP contribution in [0.25, 0.3) is 27.8 Å². The number of anilines is 3. The van der Waals surface area contributed by atoms with Crippen molar-refractivity contribution in [3.05, 3.63) is 60.6 Å². The highest BCUT2D eigenvalue weighted by molar-refractivity contribution is 5.89. The zero-order valence-corrected chi connectivity index (χ0v) is 20.1. The van der Waals surface area contributed by atoms with Crippen molar-refractivity contribution in [2.75, 3.05) is 50.6 Å². The van der Waals surface area contributed by atoms with Crippen molar-refractivity contribution >= 4 is 33.9 Å². The molecule has 178 valence electrons. The molecule has 9 nitrogen and oxygen atoms in total. The minimum Gasteiger partial charge on any atom is -0.497 e. The summed E-state index contributed by atoms with van der Waals surface area (Å²) < 4.78 is 7.43. The summed E-state index contributed by atoms with van der Waals surface area (Å²) >= 11 is 0. The van der Waals surface area contributed by atoms with Crippen LogP contribution >= 0.6 is 0 Å². The van der Waals surface area contributed by atoms with Crippen LogP contribution in [0.15, 0.2) is 54.9 Å². The van der Waals surface area contributed by atoms with E-state index in [2.05, 4.69) is 55.1 Å². The molecule has 0 saturated carbocycles. The van der Waals surface area contributed by atoms with Gasteiger partial charge >= 0.3 is 0 Å². The monoisotopic (exact) mass is 468 g/mol. The summed E-state index contributed by atoms with van der Waals surface area (Å²) in [6, 6.07) is 14.2. The Morgan fingerprint density at radius 1 is 1.03 bits per heavy atom. The maximum Gasteiger partial charge on any atom is 0.157 e. The number of H-pyrrole nitrogens is 1. The molecule has 35 heavy (non-hydrogen) atoms. The van der Waals surface area contributed by atoms with Gasteiger partial charge in [-0.25, -0.2) is 9.97 Å². The summed E-state index contributed by atoms with van der Waals surface area (Å²) in [4.78, 5) is 14.4. The third kappa shape index (κ3) is 3.93. The molecule has 3 aromatic heterocycles. The second kappa shape index (κ2) is 8.59. The van der Waals surface area contributed by atoms with E-state index in [0.29, 0.717) is 0 Å². The van der Waals surface area contributed by atoms with Crippen LogP contribution in [0.4, 0.5) is 17.3 Å². The average molecular weight is 469 g/mol. The number of fused-ring (bicyclic) bond motifs is 2. The van der Waals surface area contributed by atoms with Gasteiger partial charge in [-0.2, -0.15) is 5.10 Å². The van der Waals surface area contributed by atoms with E-state index in [1.165, 1.54) is 0 Å². The SMILES string of the molecule is COc1ccc(Nc2c(-c3ccc4n[nH]c(C)c4c3)nc3cnc(N4CCN(C)CC4)cn23)cc1. The van der Waals surface area contributed by atoms with Gasteiger partial charge in [0.2, 0.25) is 0 Å². The molecule has 1 aliphatic heterocycles. The fraction of sp³-hybridized carbons (Fsp3) is 0.269. The van der Waals surface area contributed by atoms with Gasteiger partial charge in [0.15, 0.2) is 5.65 Å². The molecule has 6 rings (SSSR count). The van der Waals surface area contributed by atoms with Gasteiger partial charge in [-0.15, -0.1) is 0 Å². The first-order valence-corrected chi connectivity index (χ1v) is 11.8. The van der Waals surface area contributed by atoms with E-state index >= 15 is 0 Å². The Morgan fingerprint density at radius 3 is 2.60 bits per heavy atom. The summed E-state index contributed by atoms with van der Waals surface area (Å²) in [5.41, 5.74) is 5.60. The smallest absolute Gasteiger partial charge is 0.157 e. The van der Waals surface area contributed by atoms with Crippen molar-refractivity contribution in [2.24, 2.45) is 0 Å². The minimum atomic E-state index is 0.790. The van der Waals surface area contributed by atoms with Crippen LogP contribution < -0.4 is 15.0 Å². The van der Waals surface area contributed by atoms with Crippen molar-refractivity contribution < 1.29 is 4.74 Å². The second-order valence-electron chi connectivity index (χ2n) is 9.01. The maximum atomic E-state index is 5.33. The molecule has 5 aromatic rings. The predicted octanol–water partition coefficient (Wildman–Crippen LogP) is 4.09. The van der Waals surface area contributed by atoms with Crippen LogP contribution in [0.5, 0.6) is 5.75 Å². The summed E-state index contributed by atoms with van der Waals surface area (Å²) in [5.74, 6) is 2.66. The highest BCUT2D eigenvalue weighted by Crippen LogP contribution is 2.34. The number of hydrogen-bond acceptors (Lipinski definition) is 7. The van der Waals surface area contributed by atoms with E-state index in [-0.39, 0.29) is 0 Å². The number of methoxy groups -OCH3 is 1. The van der Waals surface area contributed by atoms with Gasteiger partial charge in [0, 0.05) is 48.5 Å². The molecular formula is C26H28N8O. The summed E-state index contributed by atoms with van der Waals surface area (Å²) in [7, 11) is 3.83. The fourth-order valence-corrected chi connectivity index (χ4v) is 4.56. The van der Waals surface area contributed by atoms with Crippen molar-refractivity contribution in [3.63, 3.8) is 0 Å². The van der Waals surface area contributed by atoms with Crippen molar-refractivity contribution in [1.29, 1.82) is 0 Å². The molecule has 2 aromatic carbocycles. The number of aromatic nitrogens is 5. The lowest BCUT2D eigenvalue weighted by Crippen LogP contribution is -2.44.